The van der Waals surface area contributed by atoms with Gasteiger partial charge in [-0.1, -0.05) is 18.2 Å². The van der Waals surface area contributed by atoms with Gasteiger partial charge in [-0.2, -0.15) is 0 Å². The number of nitrogens with zero attached hydrogens (tertiary/aromatic N) is 1. The van der Waals surface area contributed by atoms with Gasteiger partial charge in [0.05, 0.1) is 23.0 Å². The van der Waals surface area contributed by atoms with Crippen molar-refractivity contribution in [3.8, 4) is 17.2 Å². The van der Waals surface area contributed by atoms with Crippen molar-refractivity contribution in [2.45, 2.75) is 0 Å². The van der Waals surface area contributed by atoms with Crippen LogP contribution in [0.1, 0.15) is 10.4 Å². The van der Waals surface area contributed by atoms with Crippen LogP contribution in [0, 0.1) is 0 Å². The number of benzene rings is 2. The largest absolute Gasteiger partial charge is 0.482 e. The summed E-state index contributed by atoms with van der Waals surface area (Å²) in [5.74, 6) is 0.624. The number of fused-ring (bicyclic) bond motifs is 2. The van der Waals surface area contributed by atoms with E-state index in [9.17, 15) is 9.59 Å². The summed E-state index contributed by atoms with van der Waals surface area (Å²) in [6, 6.07) is 17.8. The maximum absolute atomic E-state index is 13.1. The number of para-hydroxylation sites is 1. The number of nitrogens with one attached hydrogen (secondary N) is 2. The highest BCUT2D eigenvalue weighted by atomic mass is 16.5. The third-order valence-electron chi connectivity index (χ3n) is 4.60. The van der Waals surface area contributed by atoms with Gasteiger partial charge in [-0.05, 0) is 42.5 Å². The van der Waals surface area contributed by atoms with Gasteiger partial charge in [0, 0.05) is 11.1 Å². The van der Waals surface area contributed by atoms with E-state index >= 15 is 0 Å². The van der Waals surface area contributed by atoms with E-state index in [4.69, 9.17) is 9.15 Å². The van der Waals surface area contributed by atoms with Crippen LogP contribution in [0.2, 0.25) is 0 Å². The van der Waals surface area contributed by atoms with Gasteiger partial charge in [0.15, 0.2) is 12.4 Å². The number of anilines is 2. The van der Waals surface area contributed by atoms with Gasteiger partial charge in [-0.15, -0.1) is 0 Å². The van der Waals surface area contributed by atoms with Crippen molar-refractivity contribution in [1.29, 1.82) is 0 Å². The number of ether oxygens (including phenoxy) is 1. The fraction of sp³-hybridized carbons (Fsp3) is 0.0455. The number of hydrogen-bond donors (Lipinski definition) is 2. The summed E-state index contributed by atoms with van der Waals surface area (Å²) in [6.45, 7) is -0.0166. The first-order valence-electron chi connectivity index (χ1n) is 8.99. The number of hydrogen-bond acceptors (Lipinski definition) is 5. The van der Waals surface area contributed by atoms with Crippen LogP contribution < -0.4 is 15.4 Å². The standard InChI is InChI=1S/C22H15N3O4/c26-21-12-29-20-8-7-13(10-17(20)25-21)23-22(27)15-11-18(19-6-3-9-28-19)24-16-5-2-1-4-14(15)16/h1-11H,12H2,(H,23,27)(H,25,26). The van der Waals surface area contributed by atoms with Crippen molar-refractivity contribution in [3.05, 3.63) is 72.5 Å². The highest BCUT2D eigenvalue weighted by Gasteiger charge is 2.18. The highest BCUT2D eigenvalue weighted by Crippen LogP contribution is 2.31. The van der Waals surface area contributed by atoms with Crippen LogP contribution >= 0.6 is 0 Å². The molecule has 2 aromatic heterocycles. The number of rotatable bonds is 3. The van der Waals surface area contributed by atoms with E-state index in [1.165, 1.54) is 0 Å². The number of pyridine rings is 1. The summed E-state index contributed by atoms with van der Waals surface area (Å²) in [6.07, 6.45) is 1.56. The summed E-state index contributed by atoms with van der Waals surface area (Å²) < 4.78 is 10.8. The van der Waals surface area contributed by atoms with Crippen LogP contribution in [0.15, 0.2) is 71.3 Å². The molecule has 7 nitrogen and oxygen atoms in total. The van der Waals surface area contributed by atoms with Crippen molar-refractivity contribution in [1.82, 2.24) is 4.98 Å². The van der Waals surface area contributed by atoms with E-state index in [0.29, 0.717) is 39.7 Å². The third kappa shape index (κ3) is 3.19. The van der Waals surface area contributed by atoms with Gasteiger partial charge in [0.2, 0.25) is 0 Å². The maximum atomic E-state index is 13.1. The molecule has 0 unspecified atom stereocenters. The number of carbonyl (C=O) groups excluding carboxylic acids is 2. The summed E-state index contributed by atoms with van der Waals surface area (Å²) in [5.41, 5.74) is 2.80. The number of carbonyl (C=O) groups is 2. The van der Waals surface area contributed by atoms with Gasteiger partial charge >= 0.3 is 0 Å². The normalized spacial score (nSPS) is 12.8. The zero-order valence-electron chi connectivity index (χ0n) is 15.1. The molecule has 1 aliphatic rings. The third-order valence-corrected chi connectivity index (χ3v) is 4.60. The van der Waals surface area contributed by atoms with Gasteiger partial charge in [0.25, 0.3) is 11.8 Å². The lowest BCUT2D eigenvalue weighted by atomic mass is 10.1. The molecule has 1 aliphatic heterocycles. The maximum Gasteiger partial charge on any atom is 0.262 e. The zero-order chi connectivity index (χ0) is 19.8. The first kappa shape index (κ1) is 17.0. The lowest BCUT2D eigenvalue weighted by molar-refractivity contribution is -0.118. The van der Waals surface area contributed by atoms with Crippen molar-refractivity contribution >= 4 is 34.1 Å². The van der Waals surface area contributed by atoms with Crippen LogP contribution in [0.5, 0.6) is 5.75 Å². The molecule has 5 rings (SSSR count). The minimum Gasteiger partial charge on any atom is -0.482 e. The van der Waals surface area contributed by atoms with E-state index in [1.54, 1.807) is 42.7 Å². The Labute approximate surface area is 165 Å². The Kier molecular flexibility index (Phi) is 3.98. The van der Waals surface area contributed by atoms with Crippen LogP contribution in [-0.2, 0) is 4.79 Å². The van der Waals surface area contributed by atoms with Crippen LogP contribution in [0.3, 0.4) is 0 Å². The van der Waals surface area contributed by atoms with Crippen molar-refractivity contribution in [2.24, 2.45) is 0 Å². The molecule has 7 heteroatoms. The summed E-state index contributed by atoms with van der Waals surface area (Å²) in [7, 11) is 0. The zero-order valence-corrected chi connectivity index (χ0v) is 15.1. The first-order chi connectivity index (χ1) is 14.2. The van der Waals surface area contributed by atoms with E-state index < -0.39 is 0 Å². The van der Waals surface area contributed by atoms with Crippen LogP contribution in [0.25, 0.3) is 22.4 Å². The van der Waals surface area contributed by atoms with E-state index in [1.807, 2.05) is 24.3 Å². The van der Waals surface area contributed by atoms with Gasteiger partial charge < -0.3 is 19.8 Å². The number of aromatic nitrogens is 1. The molecule has 4 aromatic rings. The molecule has 142 valence electrons. The molecule has 0 saturated heterocycles. The average Bonchev–Trinajstić information content (AvgIpc) is 3.27. The number of amides is 2. The Bertz CT molecular complexity index is 1250. The summed E-state index contributed by atoms with van der Waals surface area (Å²) in [5, 5.41) is 6.35. The Hall–Kier alpha value is -4.13. The molecule has 2 aromatic carbocycles. The summed E-state index contributed by atoms with van der Waals surface area (Å²) in [4.78, 5) is 29.2. The second-order valence-corrected chi connectivity index (χ2v) is 6.55. The van der Waals surface area contributed by atoms with Crippen molar-refractivity contribution in [2.75, 3.05) is 17.2 Å². The van der Waals surface area contributed by atoms with E-state index in [2.05, 4.69) is 15.6 Å². The van der Waals surface area contributed by atoms with Crippen LogP contribution in [-0.4, -0.2) is 23.4 Å². The minimum absolute atomic E-state index is 0.0166. The predicted molar refractivity (Wildman–Crippen MR) is 108 cm³/mol. The molecule has 29 heavy (non-hydrogen) atoms. The second kappa shape index (κ2) is 6.79. The predicted octanol–water partition coefficient (Wildman–Crippen LogP) is 4.08. The second-order valence-electron chi connectivity index (χ2n) is 6.55. The van der Waals surface area contributed by atoms with Gasteiger partial charge in [0.1, 0.15) is 11.4 Å². The molecule has 2 N–H and O–H groups in total. The first-order valence-corrected chi connectivity index (χ1v) is 8.99. The Morgan fingerprint density at radius 2 is 1.97 bits per heavy atom. The monoisotopic (exact) mass is 385 g/mol. The Balaban J connectivity index is 1.53. The number of furan rings is 1. The topological polar surface area (TPSA) is 93.5 Å². The fourth-order valence-corrected chi connectivity index (χ4v) is 3.27. The molecule has 0 bridgehead atoms. The smallest absolute Gasteiger partial charge is 0.262 e. The van der Waals surface area contributed by atoms with Gasteiger partial charge in [-0.3, -0.25) is 9.59 Å². The molecule has 0 fully saturated rings. The van der Waals surface area contributed by atoms with Crippen LogP contribution in [0.4, 0.5) is 11.4 Å². The lowest BCUT2D eigenvalue weighted by Crippen LogP contribution is -2.25. The molecule has 0 saturated carbocycles. The van der Waals surface area contributed by atoms with E-state index in [-0.39, 0.29) is 18.4 Å². The highest BCUT2D eigenvalue weighted by molar-refractivity contribution is 6.13. The average molecular weight is 385 g/mol. The minimum atomic E-state index is -0.292. The lowest BCUT2D eigenvalue weighted by Gasteiger charge is -2.18. The fourth-order valence-electron chi connectivity index (χ4n) is 3.27. The van der Waals surface area contributed by atoms with E-state index in [0.717, 1.165) is 5.39 Å². The molecular weight excluding hydrogens is 370 g/mol. The molecule has 0 atom stereocenters. The SMILES string of the molecule is O=C1COc2ccc(NC(=O)c3cc(-c4ccco4)nc4ccccc34)cc2N1. The molecule has 3 heterocycles. The Morgan fingerprint density at radius 3 is 2.83 bits per heavy atom. The molecule has 0 spiro atoms. The molecule has 0 aliphatic carbocycles. The van der Waals surface area contributed by atoms with Crippen molar-refractivity contribution < 1.29 is 18.7 Å². The molecule has 2 amide bonds. The summed E-state index contributed by atoms with van der Waals surface area (Å²) >= 11 is 0. The quantitative estimate of drug-likeness (QED) is 0.554. The van der Waals surface area contributed by atoms with Crippen molar-refractivity contribution in [3.63, 3.8) is 0 Å². The Morgan fingerprint density at radius 1 is 1.07 bits per heavy atom. The molecular formula is C22H15N3O4. The van der Waals surface area contributed by atoms with Gasteiger partial charge in [-0.25, -0.2) is 4.98 Å². The molecule has 0 radical (unpaired) electrons.